The summed E-state index contributed by atoms with van der Waals surface area (Å²) in [5.41, 5.74) is 0.524. The average Bonchev–Trinajstić information content (AvgIpc) is 2.75. The molecule has 1 fully saturated rings. The van der Waals surface area contributed by atoms with E-state index in [2.05, 4.69) is 32.0 Å². The van der Waals surface area contributed by atoms with Crippen molar-refractivity contribution < 1.29 is 23.6 Å². The SMILES string of the molecule is CC(=O)CC1(C(C)C)NC(=O)N(NC(=O)Nc2ccc(Br)cc2F)C1=O. The lowest BCUT2D eigenvalue weighted by Crippen LogP contribution is -2.54. The first-order valence-electron chi connectivity index (χ1n) is 7.75. The molecule has 26 heavy (non-hydrogen) atoms. The Morgan fingerprint density at radius 3 is 2.54 bits per heavy atom. The number of rotatable bonds is 5. The normalized spacial score (nSPS) is 19.5. The third kappa shape index (κ3) is 3.85. The number of hydrogen-bond acceptors (Lipinski definition) is 4. The van der Waals surface area contributed by atoms with Crippen LogP contribution in [0.3, 0.4) is 0 Å². The molecule has 1 aromatic rings. The number of nitrogens with zero attached hydrogens (tertiary/aromatic N) is 1. The maximum atomic E-state index is 13.8. The highest BCUT2D eigenvalue weighted by atomic mass is 79.9. The third-order valence-electron chi connectivity index (χ3n) is 4.02. The van der Waals surface area contributed by atoms with Crippen LogP contribution in [-0.2, 0) is 9.59 Å². The minimum Gasteiger partial charge on any atom is -0.321 e. The Morgan fingerprint density at radius 1 is 1.35 bits per heavy atom. The summed E-state index contributed by atoms with van der Waals surface area (Å²) in [5, 5.41) is 5.19. The second-order valence-corrected chi connectivity index (χ2v) is 7.18. The van der Waals surface area contributed by atoms with Gasteiger partial charge < -0.3 is 10.6 Å². The molecule has 8 nitrogen and oxygen atoms in total. The van der Waals surface area contributed by atoms with Gasteiger partial charge in [0.2, 0.25) is 0 Å². The van der Waals surface area contributed by atoms with Crippen LogP contribution >= 0.6 is 15.9 Å². The molecule has 0 radical (unpaired) electrons. The molecule has 0 spiro atoms. The van der Waals surface area contributed by atoms with Crippen molar-refractivity contribution in [2.24, 2.45) is 5.92 Å². The fourth-order valence-electron chi connectivity index (χ4n) is 2.64. The number of anilines is 1. The molecule has 0 saturated carbocycles. The van der Waals surface area contributed by atoms with Crippen LogP contribution in [0.4, 0.5) is 19.7 Å². The predicted molar refractivity (Wildman–Crippen MR) is 94.5 cm³/mol. The van der Waals surface area contributed by atoms with E-state index in [-0.39, 0.29) is 23.8 Å². The first-order chi connectivity index (χ1) is 12.1. The van der Waals surface area contributed by atoms with Crippen molar-refractivity contribution in [3.05, 3.63) is 28.5 Å². The van der Waals surface area contributed by atoms with E-state index < -0.39 is 29.3 Å². The van der Waals surface area contributed by atoms with E-state index in [0.717, 1.165) is 6.07 Å². The molecular formula is C16H18BrFN4O4. The molecule has 1 heterocycles. The second-order valence-electron chi connectivity index (χ2n) is 6.27. The van der Waals surface area contributed by atoms with Gasteiger partial charge in [0.15, 0.2) is 0 Å². The average molecular weight is 429 g/mol. The van der Waals surface area contributed by atoms with Crippen molar-refractivity contribution >= 4 is 45.4 Å². The van der Waals surface area contributed by atoms with Crippen molar-refractivity contribution in [3.63, 3.8) is 0 Å². The Hall–Kier alpha value is -2.49. The molecule has 1 aliphatic rings. The lowest BCUT2D eigenvalue weighted by molar-refractivity contribution is -0.137. The van der Waals surface area contributed by atoms with E-state index >= 15 is 0 Å². The zero-order chi connectivity index (χ0) is 19.6. The van der Waals surface area contributed by atoms with E-state index in [0.29, 0.717) is 9.48 Å². The van der Waals surface area contributed by atoms with Gasteiger partial charge in [0.05, 0.1) is 5.69 Å². The largest absolute Gasteiger partial charge is 0.344 e. The number of Topliss-reactive ketones (excluding diaryl/α,β-unsaturated/α-hetero) is 1. The van der Waals surface area contributed by atoms with Crippen molar-refractivity contribution in [1.29, 1.82) is 0 Å². The highest BCUT2D eigenvalue weighted by Crippen LogP contribution is 2.29. The summed E-state index contributed by atoms with van der Waals surface area (Å²) in [6, 6.07) is 2.15. The Bertz CT molecular complexity index is 786. The first-order valence-corrected chi connectivity index (χ1v) is 8.55. The molecule has 2 rings (SSSR count). The minimum absolute atomic E-state index is 0.128. The predicted octanol–water partition coefficient (Wildman–Crippen LogP) is 2.55. The van der Waals surface area contributed by atoms with Gasteiger partial charge in [-0.25, -0.2) is 19.4 Å². The topological polar surface area (TPSA) is 108 Å². The molecule has 5 amide bonds. The summed E-state index contributed by atoms with van der Waals surface area (Å²) in [4.78, 5) is 48.4. The number of hydrogen-bond donors (Lipinski definition) is 3. The fourth-order valence-corrected chi connectivity index (χ4v) is 2.98. The zero-order valence-corrected chi connectivity index (χ0v) is 15.9. The molecule has 0 bridgehead atoms. The molecule has 3 N–H and O–H groups in total. The van der Waals surface area contributed by atoms with Gasteiger partial charge in [0.25, 0.3) is 5.91 Å². The van der Waals surface area contributed by atoms with Crippen LogP contribution in [-0.4, -0.2) is 34.3 Å². The Morgan fingerprint density at radius 2 is 2.00 bits per heavy atom. The van der Waals surface area contributed by atoms with Crippen LogP contribution in [0.5, 0.6) is 0 Å². The number of halogens is 2. The molecule has 1 aromatic carbocycles. The monoisotopic (exact) mass is 428 g/mol. The lowest BCUT2D eigenvalue weighted by Gasteiger charge is -2.29. The molecule has 1 unspecified atom stereocenters. The number of benzene rings is 1. The number of nitrogens with one attached hydrogen (secondary N) is 3. The first kappa shape index (κ1) is 19.8. The van der Waals surface area contributed by atoms with Crippen LogP contribution < -0.4 is 16.1 Å². The van der Waals surface area contributed by atoms with Gasteiger partial charge in [-0.2, -0.15) is 5.01 Å². The van der Waals surface area contributed by atoms with Gasteiger partial charge in [0, 0.05) is 10.9 Å². The summed E-state index contributed by atoms with van der Waals surface area (Å²) in [6.45, 7) is 4.67. The number of hydrazine groups is 1. The minimum atomic E-state index is -1.43. The smallest absolute Gasteiger partial charge is 0.321 e. The van der Waals surface area contributed by atoms with E-state index in [1.54, 1.807) is 13.8 Å². The zero-order valence-electron chi connectivity index (χ0n) is 14.4. The molecule has 1 saturated heterocycles. The van der Waals surface area contributed by atoms with Gasteiger partial charge >= 0.3 is 12.1 Å². The molecule has 0 aromatic heterocycles. The molecule has 10 heteroatoms. The molecule has 140 valence electrons. The van der Waals surface area contributed by atoms with Gasteiger partial charge in [-0.3, -0.25) is 9.59 Å². The molecule has 0 aliphatic carbocycles. The van der Waals surface area contributed by atoms with E-state index in [4.69, 9.17) is 0 Å². The Labute approximate surface area is 157 Å². The Balaban J connectivity index is 2.16. The van der Waals surface area contributed by atoms with E-state index in [9.17, 15) is 23.6 Å². The summed E-state index contributed by atoms with van der Waals surface area (Å²) in [6.07, 6.45) is -0.198. The van der Waals surface area contributed by atoms with Crippen LogP contribution in [0.15, 0.2) is 22.7 Å². The van der Waals surface area contributed by atoms with Crippen LogP contribution in [0.1, 0.15) is 27.2 Å². The van der Waals surface area contributed by atoms with Crippen molar-refractivity contribution in [2.75, 3.05) is 5.32 Å². The van der Waals surface area contributed by atoms with Gasteiger partial charge in [0.1, 0.15) is 17.1 Å². The van der Waals surface area contributed by atoms with Crippen LogP contribution in [0.2, 0.25) is 0 Å². The third-order valence-corrected chi connectivity index (χ3v) is 4.52. The Kier molecular flexibility index (Phi) is 5.65. The maximum absolute atomic E-state index is 13.8. The molecule has 1 atom stereocenters. The van der Waals surface area contributed by atoms with E-state index in [1.165, 1.54) is 19.1 Å². The fraction of sp³-hybridized carbons (Fsp3) is 0.375. The van der Waals surface area contributed by atoms with Crippen molar-refractivity contribution in [2.45, 2.75) is 32.7 Å². The standard InChI is InChI=1S/C16H18BrFN4O4/c1-8(2)16(7-9(3)23)13(24)22(15(26)20-16)21-14(25)19-12-5-4-10(17)6-11(12)18/h4-6,8H,7H2,1-3H3,(H,20,26)(H2,19,21,25). The number of imide groups is 1. The second kappa shape index (κ2) is 7.40. The summed E-state index contributed by atoms with van der Waals surface area (Å²) < 4.78 is 14.3. The van der Waals surface area contributed by atoms with Crippen molar-refractivity contribution in [1.82, 2.24) is 15.8 Å². The van der Waals surface area contributed by atoms with Gasteiger partial charge in [-0.15, -0.1) is 0 Å². The van der Waals surface area contributed by atoms with Crippen molar-refractivity contribution in [3.8, 4) is 0 Å². The van der Waals surface area contributed by atoms with Crippen LogP contribution in [0, 0.1) is 11.7 Å². The number of amides is 5. The van der Waals surface area contributed by atoms with Gasteiger partial charge in [-0.1, -0.05) is 29.8 Å². The molecule has 1 aliphatic heterocycles. The maximum Gasteiger partial charge on any atom is 0.344 e. The quantitative estimate of drug-likeness (QED) is 0.626. The summed E-state index contributed by atoms with van der Waals surface area (Å²) in [5.74, 6) is -2.11. The van der Waals surface area contributed by atoms with Crippen LogP contribution in [0.25, 0.3) is 0 Å². The summed E-state index contributed by atoms with van der Waals surface area (Å²) >= 11 is 3.09. The lowest BCUT2D eigenvalue weighted by atomic mass is 9.82. The number of carbonyl (C=O) groups is 4. The molecular weight excluding hydrogens is 411 g/mol. The summed E-state index contributed by atoms with van der Waals surface area (Å²) in [7, 11) is 0. The number of carbonyl (C=O) groups excluding carboxylic acids is 4. The van der Waals surface area contributed by atoms with E-state index in [1.807, 2.05) is 0 Å². The number of urea groups is 2. The highest BCUT2D eigenvalue weighted by Gasteiger charge is 2.54. The van der Waals surface area contributed by atoms with Gasteiger partial charge in [-0.05, 0) is 31.0 Å². The number of ketones is 1. The highest BCUT2D eigenvalue weighted by molar-refractivity contribution is 9.10.